The maximum absolute atomic E-state index is 13.7. The van der Waals surface area contributed by atoms with Crippen LogP contribution in [0.2, 0.25) is 5.02 Å². The zero-order chi connectivity index (χ0) is 14.1. The smallest absolute Gasteiger partial charge is 0.153 e. The van der Waals surface area contributed by atoms with Crippen LogP contribution in [-0.4, -0.2) is 9.97 Å². The zero-order valence-corrected chi connectivity index (χ0v) is 11.2. The number of fused-ring (bicyclic) bond motifs is 1. The molecular formula is C15H11ClFN3. The fraction of sp³-hybridized carbons (Fsp3) is 0. The van der Waals surface area contributed by atoms with E-state index in [4.69, 9.17) is 17.3 Å². The summed E-state index contributed by atoms with van der Waals surface area (Å²) < 4.78 is 13.7. The second-order valence-corrected chi connectivity index (χ2v) is 4.75. The number of hydrogen-bond acceptors (Lipinski definition) is 2. The van der Waals surface area contributed by atoms with Gasteiger partial charge < -0.3 is 10.7 Å². The van der Waals surface area contributed by atoms with Crippen LogP contribution in [0.3, 0.4) is 0 Å². The van der Waals surface area contributed by atoms with Gasteiger partial charge >= 0.3 is 0 Å². The number of rotatable bonds is 2. The first-order valence-corrected chi connectivity index (χ1v) is 6.39. The van der Waals surface area contributed by atoms with Gasteiger partial charge in [0.05, 0.1) is 16.2 Å². The zero-order valence-electron chi connectivity index (χ0n) is 10.4. The third-order valence-electron chi connectivity index (χ3n) is 2.96. The van der Waals surface area contributed by atoms with E-state index in [2.05, 4.69) is 9.97 Å². The summed E-state index contributed by atoms with van der Waals surface area (Å²) in [5.74, 6) is 0.174. The van der Waals surface area contributed by atoms with E-state index in [0.29, 0.717) is 21.9 Å². The largest absolute Gasteiger partial charge is 0.396 e. The molecule has 3 aromatic rings. The van der Waals surface area contributed by atoms with E-state index < -0.39 is 5.82 Å². The van der Waals surface area contributed by atoms with Gasteiger partial charge in [-0.3, -0.25) is 0 Å². The number of halogens is 2. The number of benzene rings is 2. The number of nitrogen functional groups attached to an aromatic ring is 1. The first kappa shape index (κ1) is 12.7. The van der Waals surface area contributed by atoms with Gasteiger partial charge in [0.25, 0.3) is 0 Å². The molecule has 3 nitrogen and oxygen atoms in total. The van der Waals surface area contributed by atoms with E-state index >= 15 is 0 Å². The van der Waals surface area contributed by atoms with Gasteiger partial charge in [0.15, 0.2) is 5.82 Å². The second kappa shape index (κ2) is 4.98. The van der Waals surface area contributed by atoms with Crippen molar-refractivity contribution in [1.82, 2.24) is 9.97 Å². The SMILES string of the molecule is Nc1cccc(C=Cc2nc3c(Cl)cccc3[nH]2)c1F. The van der Waals surface area contributed by atoms with Gasteiger partial charge in [-0.15, -0.1) is 0 Å². The van der Waals surface area contributed by atoms with Crippen molar-refractivity contribution in [3.05, 3.63) is 58.6 Å². The number of imidazole rings is 1. The Morgan fingerprint density at radius 2 is 1.95 bits per heavy atom. The topological polar surface area (TPSA) is 54.7 Å². The maximum atomic E-state index is 13.7. The van der Waals surface area contributed by atoms with Gasteiger partial charge in [0.1, 0.15) is 11.3 Å². The van der Waals surface area contributed by atoms with Gasteiger partial charge in [-0.25, -0.2) is 9.37 Å². The minimum Gasteiger partial charge on any atom is -0.396 e. The molecule has 3 rings (SSSR count). The van der Waals surface area contributed by atoms with Crippen molar-refractivity contribution >= 4 is 40.5 Å². The molecule has 0 unspecified atom stereocenters. The highest BCUT2D eigenvalue weighted by Gasteiger charge is 2.05. The Morgan fingerprint density at radius 1 is 1.15 bits per heavy atom. The minimum atomic E-state index is -0.433. The first-order valence-electron chi connectivity index (χ1n) is 6.01. The Kier molecular flexibility index (Phi) is 3.16. The summed E-state index contributed by atoms with van der Waals surface area (Å²) in [4.78, 5) is 7.46. The van der Waals surface area contributed by atoms with Crippen LogP contribution in [0.25, 0.3) is 23.2 Å². The third-order valence-corrected chi connectivity index (χ3v) is 3.27. The van der Waals surface area contributed by atoms with E-state index in [1.807, 2.05) is 12.1 Å². The van der Waals surface area contributed by atoms with Crippen LogP contribution in [-0.2, 0) is 0 Å². The molecular weight excluding hydrogens is 277 g/mol. The predicted molar refractivity (Wildman–Crippen MR) is 80.8 cm³/mol. The van der Waals surface area contributed by atoms with Crippen LogP contribution >= 0.6 is 11.6 Å². The molecule has 0 aliphatic carbocycles. The summed E-state index contributed by atoms with van der Waals surface area (Å²) in [6, 6.07) is 10.4. The van der Waals surface area contributed by atoms with Crippen molar-refractivity contribution in [1.29, 1.82) is 0 Å². The molecule has 0 atom stereocenters. The van der Waals surface area contributed by atoms with Gasteiger partial charge in [-0.05, 0) is 30.4 Å². The van der Waals surface area contributed by atoms with Crippen molar-refractivity contribution in [3.63, 3.8) is 0 Å². The molecule has 0 aliphatic rings. The lowest BCUT2D eigenvalue weighted by molar-refractivity contribution is 0.630. The number of H-pyrrole nitrogens is 1. The van der Waals surface area contributed by atoms with Crippen LogP contribution < -0.4 is 5.73 Å². The van der Waals surface area contributed by atoms with Crippen molar-refractivity contribution < 1.29 is 4.39 Å². The van der Waals surface area contributed by atoms with Crippen LogP contribution in [0.1, 0.15) is 11.4 Å². The number of para-hydroxylation sites is 1. The fourth-order valence-corrected chi connectivity index (χ4v) is 2.18. The summed E-state index contributed by atoms with van der Waals surface area (Å²) in [6.07, 6.45) is 3.31. The highest BCUT2D eigenvalue weighted by molar-refractivity contribution is 6.34. The molecule has 0 bridgehead atoms. The first-order chi connectivity index (χ1) is 9.65. The highest BCUT2D eigenvalue weighted by Crippen LogP contribution is 2.22. The van der Waals surface area contributed by atoms with E-state index in [1.54, 1.807) is 30.4 Å². The molecule has 0 radical (unpaired) electrons. The van der Waals surface area contributed by atoms with Crippen molar-refractivity contribution in [2.45, 2.75) is 0 Å². The molecule has 3 N–H and O–H groups in total. The molecule has 0 saturated heterocycles. The molecule has 100 valence electrons. The molecule has 2 aromatic carbocycles. The molecule has 1 heterocycles. The average Bonchev–Trinajstić information content (AvgIpc) is 2.85. The molecule has 0 amide bonds. The van der Waals surface area contributed by atoms with Crippen molar-refractivity contribution in [2.24, 2.45) is 0 Å². The lowest BCUT2D eigenvalue weighted by atomic mass is 10.1. The Hall–Kier alpha value is -2.33. The molecule has 0 fully saturated rings. The Balaban J connectivity index is 1.98. The van der Waals surface area contributed by atoms with Crippen LogP contribution in [0.5, 0.6) is 0 Å². The predicted octanol–water partition coefficient (Wildman–Crippen LogP) is 4.11. The van der Waals surface area contributed by atoms with Gasteiger partial charge in [0.2, 0.25) is 0 Å². The third kappa shape index (κ3) is 2.26. The quantitative estimate of drug-likeness (QED) is 0.697. The fourth-order valence-electron chi connectivity index (χ4n) is 1.96. The molecule has 1 aromatic heterocycles. The van der Waals surface area contributed by atoms with Gasteiger partial charge in [-0.1, -0.05) is 29.8 Å². The summed E-state index contributed by atoms with van der Waals surface area (Å²) >= 11 is 6.05. The number of hydrogen-bond donors (Lipinski definition) is 2. The van der Waals surface area contributed by atoms with E-state index in [-0.39, 0.29) is 5.69 Å². The van der Waals surface area contributed by atoms with E-state index in [9.17, 15) is 4.39 Å². The monoisotopic (exact) mass is 287 g/mol. The van der Waals surface area contributed by atoms with Crippen LogP contribution in [0.15, 0.2) is 36.4 Å². The van der Waals surface area contributed by atoms with Crippen LogP contribution in [0, 0.1) is 5.82 Å². The van der Waals surface area contributed by atoms with Crippen molar-refractivity contribution in [2.75, 3.05) is 5.73 Å². The highest BCUT2D eigenvalue weighted by atomic mass is 35.5. The Bertz CT molecular complexity index is 808. The number of aromatic nitrogens is 2. The number of anilines is 1. The number of aromatic amines is 1. The molecule has 0 aliphatic heterocycles. The summed E-state index contributed by atoms with van der Waals surface area (Å²) in [5.41, 5.74) is 7.59. The summed E-state index contributed by atoms with van der Waals surface area (Å²) in [7, 11) is 0. The Labute approximate surface area is 119 Å². The maximum Gasteiger partial charge on any atom is 0.153 e. The molecule has 0 spiro atoms. The summed E-state index contributed by atoms with van der Waals surface area (Å²) in [5, 5.41) is 0.577. The number of nitrogens with two attached hydrogens (primary N) is 1. The average molecular weight is 288 g/mol. The van der Waals surface area contributed by atoms with E-state index in [0.717, 1.165) is 5.52 Å². The van der Waals surface area contributed by atoms with Crippen molar-refractivity contribution in [3.8, 4) is 0 Å². The Morgan fingerprint density at radius 3 is 2.75 bits per heavy atom. The number of nitrogens with zero attached hydrogens (tertiary/aromatic N) is 1. The molecule has 20 heavy (non-hydrogen) atoms. The lowest BCUT2D eigenvalue weighted by Crippen LogP contribution is -1.92. The minimum absolute atomic E-state index is 0.125. The number of nitrogens with one attached hydrogen (secondary N) is 1. The van der Waals surface area contributed by atoms with Crippen LogP contribution in [0.4, 0.5) is 10.1 Å². The normalized spacial score (nSPS) is 11.5. The second-order valence-electron chi connectivity index (χ2n) is 4.34. The molecule has 0 saturated carbocycles. The van der Waals surface area contributed by atoms with E-state index in [1.165, 1.54) is 6.07 Å². The van der Waals surface area contributed by atoms with Gasteiger partial charge in [-0.2, -0.15) is 0 Å². The standard InChI is InChI=1S/C15H11ClFN3/c16-10-4-2-6-12-15(10)20-13(19-12)8-7-9-3-1-5-11(18)14(9)17/h1-8H,18H2,(H,19,20). The van der Waals surface area contributed by atoms with Gasteiger partial charge in [0, 0.05) is 5.56 Å². The lowest BCUT2D eigenvalue weighted by Gasteiger charge is -1.99. The summed E-state index contributed by atoms with van der Waals surface area (Å²) in [6.45, 7) is 0. The molecule has 5 heteroatoms.